The van der Waals surface area contributed by atoms with Crippen LogP contribution < -0.4 is 0 Å². The van der Waals surface area contributed by atoms with Crippen molar-refractivity contribution in [1.29, 1.82) is 0 Å². The van der Waals surface area contributed by atoms with Gasteiger partial charge < -0.3 is 9.84 Å². The zero-order chi connectivity index (χ0) is 7.56. The van der Waals surface area contributed by atoms with Crippen molar-refractivity contribution >= 4 is 7.28 Å². The third kappa shape index (κ3) is 1.52. The van der Waals surface area contributed by atoms with Gasteiger partial charge in [0, 0.05) is 6.00 Å². The first-order chi connectivity index (χ1) is 4.77. The molecule has 0 amide bonds. The molecule has 10 heavy (non-hydrogen) atoms. The molecule has 0 radical (unpaired) electrons. The second-order valence-electron chi connectivity index (χ2n) is 2.92. The summed E-state index contributed by atoms with van der Waals surface area (Å²) in [5.41, 5.74) is 0. The summed E-state index contributed by atoms with van der Waals surface area (Å²) < 4.78 is 5.52. The summed E-state index contributed by atoms with van der Waals surface area (Å²) >= 11 is 0. The van der Waals surface area contributed by atoms with Crippen molar-refractivity contribution in [2.45, 2.75) is 44.8 Å². The Labute approximate surface area is 62.8 Å². The number of ether oxygens (including phenoxy) is 1. The molecule has 0 aromatic heterocycles. The summed E-state index contributed by atoms with van der Waals surface area (Å²) in [7, 11) is 1.02. The van der Waals surface area contributed by atoms with Crippen molar-refractivity contribution in [2.24, 2.45) is 0 Å². The van der Waals surface area contributed by atoms with Crippen LogP contribution in [0.5, 0.6) is 0 Å². The molecule has 1 N–H and O–H groups in total. The Hall–Kier alpha value is -0.0151. The Morgan fingerprint density at radius 2 is 2.40 bits per heavy atom. The summed E-state index contributed by atoms with van der Waals surface area (Å²) in [6.07, 6.45) is 1.65. The molecule has 0 aromatic rings. The number of hydrogen-bond acceptors (Lipinski definition) is 2. The van der Waals surface area contributed by atoms with Crippen LogP contribution in [0.25, 0.3) is 0 Å². The largest absolute Gasteiger partial charge is 0.390 e. The van der Waals surface area contributed by atoms with Crippen LogP contribution in [0.4, 0.5) is 0 Å². The first kappa shape index (κ1) is 8.09. The molecule has 0 bridgehead atoms. The molecule has 1 unspecified atom stereocenters. The third-order valence-electron chi connectivity index (χ3n) is 2.16. The van der Waals surface area contributed by atoms with Gasteiger partial charge in [-0.2, -0.15) is 0 Å². The zero-order valence-corrected chi connectivity index (χ0v) is 6.71. The van der Waals surface area contributed by atoms with Crippen LogP contribution in [-0.2, 0) is 4.74 Å². The first-order valence-electron chi connectivity index (χ1n) is 4.11. The number of rotatable bonds is 2. The fourth-order valence-corrected chi connectivity index (χ4v) is 1.45. The van der Waals surface area contributed by atoms with E-state index >= 15 is 0 Å². The molecule has 1 aliphatic rings. The van der Waals surface area contributed by atoms with E-state index in [-0.39, 0.29) is 12.2 Å². The van der Waals surface area contributed by atoms with Crippen LogP contribution in [0.15, 0.2) is 0 Å². The topological polar surface area (TPSA) is 29.5 Å². The van der Waals surface area contributed by atoms with E-state index in [1.165, 1.54) is 0 Å². The van der Waals surface area contributed by atoms with Crippen molar-refractivity contribution in [2.75, 3.05) is 0 Å². The fraction of sp³-hybridized carbons (Fsp3) is 1.00. The molecule has 0 spiro atoms. The van der Waals surface area contributed by atoms with Crippen molar-refractivity contribution in [3.8, 4) is 0 Å². The van der Waals surface area contributed by atoms with Crippen LogP contribution in [0, 0.1) is 0 Å². The standard InChI is InChI=1S/C7H15BO2/c1-3-6-5(9)4-7(8-2)10-6/h5-9H,3-4H2,1-2H3/t5?,6-,7-/m1/s1. The van der Waals surface area contributed by atoms with E-state index in [1.807, 2.05) is 6.92 Å². The number of aliphatic hydroxyl groups excluding tert-OH is 1. The van der Waals surface area contributed by atoms with E-state index in [9.17, 15) is 5.11 Å². The highest BCUT2D eigenvalue weighted by molar-refractivity contribution is 6.35. The molecule has 3 heteroatoms. The van der Waals surface area contributed by atoms with E-state index in [2.05, 4.69) is 6.82 Å². The van der Waals surface area contributed by atoms with Gasteiger partial charge in [0.2, 0.25) is 0 Å². The van der Waals surface area contributed by atoms with Crippen LogP contribution in [0.1, 0.15) is 19.8 Å². The molecular weight excluding hydrogens is 127 g/mol. The quantitative estimate of drug-likeness (QED) is 0.564. The van der Waals surface area contributed by atoms with E-state index in [0.29, 0.717) is 6.00 Å². The Bertz CT molecular complexity index is 108. The molecule has 1 saturated heterocycles. The van der Waals surface area contributed by atoms with Gasteiger partial charge in [-0.05, 0) is 12.8 Å². The van der Waals surface area contributed by atoms with Gasteiger partial charge >= 0.3 is 0 Å². The molecule has 3 atom stereocenters. The Morgan fingerprint density at radius 3 is 2.70 bits per heavy atom. The summed E-state index contributed by atoms with van der Waals surface area (Å²) in [6.45, 7) is 4.14. The Kier molecular flexibility index (Phi) is 2.75. The smallest absolute Gasteiger partial charge is 0.154 e. The lowest BCUT2D eigenvalue weighted by atomic mass is 9.73. The third-order valence-corrected chi connectivity index (χ3v) is 2.16. The minimum Gasteiger partial charge on any atom is -0.390 e. The van der Waals surface area contributed by atoms with Gasteiger partial charge in [0.05, 0.1) is 12.2 Å². The van der Waals surface area contributed by atoms with Crippen LogP contribution in [-0.4, -0.2) is 30.6 Å². The van der Waals surface area contributed by atoms with Gasteiger partial charge in [0.25, 0.3) is 0 Å². The predicted molar refractivity (Wildman–Crippen MR) is 42.6 cm³/mol. The van der Waals surface area contributed by atoms with Gasteiger partial charge in [-0.3, -0.25) is 0 Å². The maximum absolute atomic E-state index is 9.37. The van der Waals surface area contributed by atoms with E-state index in [0.717, 1.165) is 20.1 Å². The van der Waals surface area contributed by atoms with Crippen molar-refractivity contribution in [3.05, 3.63) is 0 Å². The lowest BCUT2D eigenvalue weighted by molar-refractivity contribution is 0.0298. The normalized spacial score (nSPS) is 40.1. The Morgan fingerprint density at radius 1 is 1.70 bits per heavy atom. The highest BCUT2D eigenvalue weighted by atomic mass is 16.5. The van der Waals surface area contributed by atoms with Gasteiger partial charge in [0.15, 0.2) is 7.28 Å². The van der Waals surface area contributed by atoms with E-state index < -0.39 is 0 Å². The average molecular weight is 142 g/mol. The zero-order valence-electron chi connectivity index (χ0n) is 6.71. The number of aliphatic hydroxyl groups is 1. The number of hydrogen-bond donors (Lipinski definition) is 1. The lowest BCUT2D eigenvalue weighted by Gasteiger charge is -2.10. The van der Waals surface area contributed by atoms with Gasteiger partial charge in [-0.25, -0.2) is 0 Å². The Balaban J connectivity index is 2.36. The molecule has 1 rings (SSSR count). The molecule has 1 fully saturated rings. The monoisotopic (exact) mass is 142 g/mol. The van der Waals surface area contributed by atoms with Crippen molar-refractivity contribution < 1.29 is 9.84 Å². The second-order valence-corrected chi connectivity index (χ2v) is 2.92. The SMILES string of the molecule is CB[C@H]1CC(O)[C@@H](CC)O1. The van der Waals surface area contributed by atoms with Crippen LogP contribution >= 0.6 is 0 Å². The molecule has 1 aliphatic heterocycles. The average Bonchev–Trinajstić information content (AvgIpc) is 2.30. The maximum atomic E-state index is 9.37. The first-order valence-corrected chi connectivity index (χ1v) is 4.11. The lowest BCUT2D eigenvalue weighted by Crippen LogP contribution is -2.19. The van der Waals surface area contributed by atoms with Crippen LogP contribution in [0.2, 0.25) is 6.82 Å². The summed E-state index contributed by atoms with van der Waals surface area (Å²) in [5, 5.41) is 9.37. The summed E-state index contributed by atoms with van der Waals surface area (Å²) in [5.74, 6) is 0. The molecule has 0 aliphatic carbocycles. The molecule has 1 heterocycles. The van der Waals surface area contributed by atoms with Crippen molar-refractivity contribution in [3.63, 3.8) is 0 Å². The van der Waals surface area contributed by atoms with E-state index in [4.69, 9.17) is 4.74 Å². The van der Waals surface area contributed by atoms with Crippen molar-refractivity contribution in [1.82, 2.24) is 0 Å². The maximum Gasteiger partial charge on any atom is 0.154 e. The van der Waals surface area contributed by atoms with Gasteiger partial charge in [0.1, 0.15) is 0 Å². The van der Waals surface area contributed by atoms with Gasteiger partial charge in [-0.1, -0.05) is 13.7 Å². The summed E-state index contributed by atoms with van der Waals surface area (Å²) in [4.78, 5) is 0. The molecular formula is C7H15BO2. The highest BCUT2D eigenvalue weighted by Crippen LogP contribution is 2.21. The summed E-state index contributed by atoms with van der Waals surface area (Å²) in [6, 6.07) is 0.306. The van der Waals surface area contributed by atoms with E-state index in [1.54, 1.807) is 0 Å². The second kappa shape index (κ2) is 3.40. The minimum atomic E-state index is -0.213. The molecule has 0 aromatic carbocycles. The predicted octanol–water partition coefficient (Wildman–Crippen LogP) is 0.357. The molecule has 58 valence electrons. The van der Waals surface area contributed by atoms with Gasteiger partial charge in [-0.15, -0.1) is 0 Å². The molecule has 2 nitrogen and oxygen atoms in total. The highest BCUT2D eigenvalue weighted by Gasteiger charge is 2.31. The van der Waals surface area contributed by atoms with Crippen LogP contribution in [0.3, 0.4) is 0 Å². The minimum absolute atomic E-state index is 0.102. The molecule has 0 saturated carbocycles. The fourth-order valence-electron chi connectivity index (χ4n) is 1.45.